The molecule has 3 aliphatic rings. The Morgan fingerprint density at radius 1 is 1.20 bits per heavy atom. The third-order valence-electron chi connectivity index (χ3n) is 5.72. The zero-order chi connectivity index (χ0) is 17.9. The summed E-state index contributed by atoms with van der Waals surface area (Å²) >= 11 is 3.39. The van der Waals surface area contributed by atoms with Gasteiger partial charge in [-0.15, -0.1) is 0 Å². The summed E-state index contributed by atoms with van der Waals surface area (Å²) in [5, 5.41) is 2.84. The highest BCUT2D eigenvalue weighted by atomic mass is 79.9. The number of benzene rings is 1. The lowest BCUT2D eigenvalue weighted by molar-refractivity contribution is -0.146. The van der Waals surface area contributed by atoms with Crippen molar-refractivity contribution < 1.29 is 14.4 Å². The number of amides is 3. The molecule has 1 aromatic rings. The number of imide groups is 1. The molecule has 130 valence electrons. The van der Waals surface area contributed by atoms with Crippen molar-refractivity contribution in [3.8, 4) is 0 Å². The number of carbonyl (C=O) groups excluding carboxylic acids is 3. The Morgan fingerprint density at radius 2 is 1.80 bits per heavy atom. The predicted octanol–water partition coefficient (Wildman–Crippen LogP) is 2.89. The molecule has 5 atom stereocenters. The van der Waals surface area contributed by atoms with Crippen molar-refractivity contribution in [1.29, 1.82) is 0 Å². The van der Waals surface area contributed by atoms with Gasteiger partial charge in [-0.1, -0.05) is 28.1 Å². The number of anilines is 1. The van der Waals surface area contributed by atoms with Gasteiger partial charge in [0.15, 0.2) is 0 Å². The highest BCUT2D eigenvalue weighted by Gasteiger charge is 2.60. The highest BCUT2D eigenvalue weighted by molar-refractivity contribution is 9.10. The molecule has 1 aliphatic heterocycles. The van der Waals surface area contributed by atoms with Gasteiger partial charge in [0.25, 0.3) is 0 Å². The van der Waals surface area contributed by atoms with E-state index in [1.165, 1.54) is 4.90 Å². The molecular formula is C19H19BrN2O3. The number of likely N-dealkylation sites (tertiary alicyclic amines) is 1. The SMILES string of the molecule is Cc1cc(Br)ccc1NC(=O)[C@H](C)N1C(=O)[C@@H]2[C@@H](C1=O)[C@H]1C=C[C@H]2C1. The van der Waals surface area contributed by atoms with E-state index >= 15 is 0 Å². The van der Waals surface area contributed by atoms with Crippen molar-refractivity contribution in [1.82, 2.24) is 4.90 Å². The van der Waals surface area contributed by atoms with Gasteiger partial charge in [0.05, 0.1) is 11.8 Å². The molecule has 2 bridgehead atoms. The fourth-order valence-corrected chi connectivity index (χ4v) is 4.90. The van der Waals surface area contributed by atoms with Crippen LogP contribution in [-0.4, -0.2) is 28.7 Å². The van der Waals surface area contributed by atoms with E-state index in [0.29, 0.717) is 5.69 Å². The maximum atomic E-state index is 12.8. The first-order valence-electron chi connectivity index (χ1n) is 8.50. The van der Waals surface area contributed by atoms with Gasteiger partial charge < -0.3 is 5.32 Å². The van der Waals surface area contributed by atoms with Crippen molar-refractivity contribution in [2.75, 3.05) is 5.32 Å². The molecule has 1 saturated heterocycles. The molecule has 1 saturated carbocycles. The van der Waals surface area contributed by atoms with Crippen molar-refractivity contribution in [2.45, 2.75) is 26.3 Å². The van der Waals surface area contributed by atoms with Crippen LogP contribution in [0.15, 0.2) is 34.8 Å². The Hall–Kier alpha value is -1.95. The summed E-state index contributed by atoms with van der Waals surface area (Å²) in [4.78, 5) is 39.4. The van der Waals surface area contributed by atoms with Crippen LogP contribution in [-0.2, 0) is 14.4 Å². The molecule has 4 rings (SSSR count). The van der Waals surface area contributed by atoms with Crippen LogP contribution in [0.25, 0.3) is 0 Å². The van der Waals surface area contributed by atoms with E-state index in [0.717, 1.165) is 16.5 Å². The minimum absolute atomic E-state index is 0.153. The molecule has 5 nitrogen and oxygen atoms in total. The zero-order valence-electron chi connectivity index (χ0n) is 14.0. The number of hydrogen-bond donors (Lipinski definition) is 1. The summed E-state index contributed by atoms with van der Waals surface area (Å²) in [6, 6.07) is 4.73. The van der Waals surface area contributed by atoms with Gasteiger partial charge in [-0.3, -0.25) is 19.3 Å². The predicted molar refractivity (Wildman–Crippen MR) is 96.5 cm³/mol. The fraction of sp³-hybridized carbons (Fsp3) is 0.421. The molecule has 25 heavy (non-hydrogen) atoms. The minimum Gasteiger partial charge on any atom is -0.324 e. The summed E-state index contributed by atoms with van der Waals surface area (Å²) in [5.74, 6) is -0.961. The molecule has 3 amide bonds. The maximum absolute atomic E-state index is 12.8. The smallest absolute Gasteiger partial charge is 0.247 e. The fourth-order valence-electron chi connectivity index (χ4n) is 4.43. The van der Waals surface area contributed by atoms with E-state index in [2.05, 4.69) is 33.4 Å². The molecule has 0 radical (unpaired) electrons. The summed E-state index contributed by atoms with van der Waals surface area (Å²) in [7, 11) is 0. The maximum Gasteiger partial charge on any atom is 0.247 e. The average molecular weight is 403 g/mol. The normalized spacial score (nSPS) is 30.8. The van der Waals surface area contributed by atoms with Crippen LogP contribution in [0.4, 0.5) is 5.69 Å². The lowest BCUT2D eigenvalue weighted by Crippen LogP contribution is -2.46. The van der Waals surface area contributed by atoms with Crippen LogP contribution >= 0.6 is 15.9 Å². The number of allylic oxidation sites excluding steroid dienone is 2. The van der Waals surface area contributed by atoms with Gasteiger partial charge in [-0.2, -0.15) is 0 Å². The highest BCUT2D eigenvalue weighted by Crippen LogP contribution is 2.52. The van der Waals surface area contributed by atoms with Gasteiger partial charge in [0.1, 0.15) is 6.04 Å². The Morgan fingerprint density at radius 3 is 2.36 bits per heavy atom. The van der Waals surface area contributed by atoms with Crippen LogP contribution in [0.1, 0.15) is 18.9 Å². The Kier molecular flexibility index (Phi) is 3.83. The number of nitrogens with zero attached hydrogens (tertiary/aromatic N) is 1. The number of nitrogens with one attached hydrogen (secondary N) is 1. The molecule has 1 aromatic carbocycles. The lowest BCUT2D eigenvalue weighted by Gasteiger charge is -2.24. The zero-order valence-corrected chi connectivity index (χ0v) is 15.6. The molecule has 1 N–H and O–H groups in total. The number of carbonyl (C=O) groups is 3. The van der Waals surface area contributed by atoms with E-state index in [1.807, 2.05) is 19.1 Å². The van der Waals surface area contributed by atoms with Crippen molar-refractivity contribution >= 4 is 39.3 Å². The van der Waals surface area contributed by atoms with E-state index in [4.69, 9.17) is 0 Å². The second-order valence-electron chi connectivity index (χ2n) is 7.17. The van der Waals surface area contributed by atoms with Gasteiger partial charge in [0, 0.05) is 10.2 Å². The average Bonchev–Trinajstić information content (AvgIpc) is 3.23. The molecule has 2 fully saturated rings. The summed E-state index contributed by atoms with van der Waals surface area (Å²) in [5.41, 5.74) is 1.59. The lowest BCUT2D eigenvalue weighted by atomic mass is 9.85. The molecule has 6 heteroatoms. The Bertz CT molecular complexity index is 789. The van der Waals surface area contributed by atoms with Gasteiger partial charge in [0.2, 0.25) is 17.7 Å². The molecule has 0 unspecified atom stereocenters. The van der Waals surface area contributed by atoms with E-state index < -0.39 is 6.04 Å². The second kappa shape index (κ2) is 5.80. The number of aryl methyl sites for hydroxylation is 1. The topological polar surface area (TPSA) is 66.5 Å². The quantitative estimate of drug-likeness (QED) is 0.624. The van der Waals surface area contributed by atoms with Crippen molar-refractivity contribution in [3.63, 3.8) is 0 Å². The first kappa shape index (κ1) is 16.5. The van der Waals surface area contributed by atoms with Crippen molar-refractivity contribution in [2.24, 2.45) is 23.7 Å². The minimum atomic E-state index is -0.812. The third kappa shape index (κ3) is 2.46. The Balaban J connectivity index is 1.53. The van der Waals surface area contributed by atoms with Crippen LogP contribution in [0.3, 0.4) is 0 Å². The largest absolute Gasteiger partial charge is 0.324 e. The molecular weight excluding hydrogens is 384 g/mol. The van der Waals surface area contributed by atoms with Gasteiger partial charge >= 0.3 is 0 Å². The molecule has 0 aromatic heterocycles. The van der Waals surface area contributed by atoms with Crippen LogP contribution in [0.5, 0.6) is 0 Å². The van der Waals surface area contributed by atoms with Crippen LogP contribution in [0, 0.1) is 30.6 Å². The van der Waals surface area contributed by atoms with Gasteiger partial charge in [-0.25, -0.2) is 0 Å². The number of fused-ring (bicyclic) bond motifs is 5. The number of hydrogen-bond acceptors (Lipinski definition) is 3. The van der Waals surface area contributed by atoms with Crippen LogP contribution in [0.2, 0.25) is 0 Å². The second-order valence-corrected chi connectivity index (χ2v) is 8.09. The molecule has 0 spiro atoms. The van der Waals surface area contributed by atoms with E-state index in [9.17, 15) is 14.4 Å². The van der Waals surface area contributed by atoms with Crippen LogP contribution < -0.4 is 5.32 Å². The Labute approximate surface area is 154 Å². The first-order valence-corrected chi connectivity index (χ1v) is 9.30. The summed E-state index contributed by atoms with van der Waals surface area (Å²) in [6.45, 7) is 3.51. The first-order chi connectivity index (χ1) is 11.9. The summed E-state index contributed by atoms with van der Waals surface area (Å²) < 4.78 is 0.928. The third-order valence-corrected chi connectivity index (χ3v) is 6.21. The molecule has 1 heterocycles. The number of rotatable bonds is 3. The van der Waals surface area contributed by atoms with Crippen molar-refractivity contribution in [3.05, 3.63) is 40.4 Å². The summed E-state index contributed by atoms with van der Waals surface area (Å²) in [6.07, 6.45) is 4.99. The monoisotopic (exact) mass is 402 g/mol. The standard InChI is InChI=1S/C19H19BrN2O3/c1-9-7-13(20)5-6-14(9)21-17(23)10(2)22-18(24)15-11-3-4-12(8-11)16(15)19(22)25/h3-7,10-12,15-16H,8H2,1-2H3,(H,21,23)/t10-,11-,12-,15-,16-/m0/s1. The number of halogens is 1. The van der Waals surface area contributed by atoms with E-state index in [-0.39, 0.29) is 41.4 Å². The van der Waals surface area contributed by atoms with E-state index in [1.54, 1.807) is 13.0 Å². The van der Waals surface area contributed by atoms with Gasteiger partial charge in [-0.05, 0) is 55.9 Å². The molecule has 2 aliphatic carbocycles.